The quantitative estimate of drug-likeness (QED) is 0.785. The lowest BCUT2D eigenvalue weighted by atomic mass is 9.86. The molecular formula is C16H23NO3. The zero-order chi connectivity index (χ0) is 14.4. The lowest BCUT2D eigenvalue weighted by Crippen LogP contribution is -2.38. The van der Waals surface area contributed by atoms with Crippen LogP contribution in [-0.4, -0.2) is 30.3 Å². The second-order valence-electron chi connectivity index (χ2n) is 5.47. The van der Waals surface area contributed by atoms with Crippen molar-refractivity contribution in [2.24, 2.45) is 5.92 Å². The minimum absolute atomic E-state index is 0.182. The normalized spacial score (nSPS) is 22.4. The van der Waals surface area contributed by atoms with Gasteiger partial charge in [-0.25, -0.2) is 0 Å². The van der Waals surface area contributed by atoms with E-state index in [-0.39, 0.29) is 5.92 Å². The molecule has 1 aromatic carbocycles. The SMILES string of the molecule is Cc1ccccc1OCCNC1CCCC(C(=O)O)C1. The number of para-hydroxylation sites is 1. The zero-order valence-electron chi connectivity index (χ0n) is 12.0. The molecule has 1 saturated carbocycles. The van der Waals surface area contributed by atoms with Gasteiger partial charge in [0.05, 0.1) is 5.92 Å². The summed E-state index contributed by atoms with van der Waals surface area (Å²) in [6.07, 6.45) is 3.61. The zero-order valence-corrected chi connectivity index (χ0v) is 12.0. The van der Waals surface area contributed by atoms with Crippen molar-refractivity contribution in [2.45, 2.75) is 38.6 Å². The van der Waals surface area contributed by atoms with E-state index >= 15 is 0 Å². The Hall–Kier alpha value is -1.55. The third-order valence-electron chi connectivity index (χ3n) is 3.91. The fraction of sp³-hybridized carbons (Fsp3) is 0.562. The van der Waals surface area contributed by atoms with Crippen LogP contribution < -0.4 is 10.1 Å². The van der Waals surface area contributed by atoms with Crippen molar-refractivity contribution in [3.05, 3.63) is 29.8 Å². The fourth-order valence-electron chi connectivity index (χ4n) is 2.74. The molecule has 2 atom stereocenters. The van der Waals surface area contributed by atoms with E-state index in [1.165, 1.54) is 0 Å². The van der Waals surface area contributed by atoms with E-state index in [0.717, 1.165) is 43.5 Å². The molecule has 2 N–H and O–H groups in total. The molecule has 0 amide bonds. The number of aliphatic carboxylic acids is 1. The minimum atomic E-state index is -0.660. The van der Waals surface area contributed by atoms with Gasteiger partial charge in [-0.15, -0.1) is 0 Å². The molecule has 0 heterocycles. The molecular weight excluding hydrogens is 254 g/mol. The van der Waals surface area contributed by atoms with Gasteiger partial charge < -0.3 is 15.2 Å². The summed E-state index contributed by atoms with van der Waals surface area (Å²) in [5, 5.41) is 12.5. The molecule has 1 aliphatic carbocycles. The maximum Gasteiger partial charge on any atom is 0.306 e. The third-order valence-corrected chi connectivity index (χ3v) is 3.91. The second kappa shape index (κ2) is 7.29. The van der Waals surface area contributed by atoms with E-state index in [1.807, 2.05) is 31.2 Å². The van der Waals surface area contributed by atoms with Crippen LogP contribution in [0.15, 0.2) is 24.3 Å². The van der Waals surface area contributed by atoms with Crippen LogP contribution in [0.2, 0.25) is 0 Å². The fourth-order valence-corrected chi connectivity index (χ4v) is 2.74. The maximum absolute atomic E-state index is 11.0. The van der Waals surface area contributed by atoms with Crippen molar-refractivity contribution in [2.75, 3.05) is 13.2 Å². The van der Waals surface area contributed by atoms with Gasteiger partial charge in [0.1, 0.15) is 12.4 Å². The summed E-state index contributed by atoms with van der Waals surface area (Å²) in [5.41, 5.74) is 1.14. The number of carboxylic acids is 1. The Kier molecular flexibility index (Phi) is 5.41. The molecule has 4 heteroatoms. The van der Waals surface area contributed by atoms with E-state index in [0.29, 0.717) is 12.6 Å². The average molecular weight is 277 g/mol. The number of ether oxygens (including phenoxy) is 1. The largest absolute Gasteiger partial charge is 0.492 e. The Balaban J connectivity index is 1.68. The van der Waals surface area contributed by atoms with Crippen molar-refractivity contribution < 1.29 is 14.6 Å². The minimum Gasteiger partial charge on any atom is -0.492 e. The summed E-state index contributed by atoms with van der Waals surface area (Å²) in [6.45, 7) is 3.39. The molecule has 0 spiro atoms. The van der Waals surface area contributed by atoms with Gasteiger partial charge in [0.25, 0.3) is 0 Å². The Morgan fingerprint density at radius 3 is 2.95 bits per heavy atom. The van der Waals surface area contributed by atoms with E-state index in [4.69, 9.17) is 9.84 Å². The summed E-state index contributed by atoms with van der Waals surface area (Å²) in [7, 11) is 0. The predicted molar refractivity (Wildman–Crippen MR) is 78.1 cm³/mol. The number of nitrogens with one attached hydrogen (secondary N) is 1. The molecule has 0 radical (unpaired) electrons. The highest BCUT2D eigenvalue weighted by molar-refractivity contribution is 5.70. The summed E-state index contributed by atoms with van der Waals surface area (Å²) >= 11 is 0. The van der Waals surface area contributed by atoms with Crippen molar-refractivity contribution in [1.29, 1.82) is 0 Å². The molecule has 4 nitrogen and oxygen atoms in total. The molecule has 1 fully saturated rings. The van der Waals surface area contributed by atoms with E-state index < -0.39 is 5.97 Å². The van der Waals surface area contributed by atoms with Crippen LogP contribution in [0.25, 0.3) is 0 Å². The van der Waals surface area contributed by atoms with Gasteiger partial charge in [0.15, 0.2) is 0 Å². The lowest BCUT2D eigenvalue weighted by Gasteiger charge is -2.27. The van der Waals surface area contributed by atoms with Crippen LogP contribution in [0, 0.1) is 12.8 Å². The van der Waals surface area contributed by atoms with Crippen molar-refractivity contribution in [3.8, 4) is 5.75 Å². The summed E-state index contributed by atoms with van der Waals surface area (Å²) in [6, 6.07) is 8.27. The monoisotopic (exact) mass is 277 g/mol. The van der Waals surface area contributed by atoms with Gasteiger partial charge >= 0.3 is 5.97 Å². The molecule has 1 aromatic rings. The smallest absolute Gasteiger partial charge is 0.306 e. The number of carboxylic acid groups (broad SMARTS) is 1. The molecule has 1 aliphatic rings. The molecule has 20 heavy (non-hydrogen) atoms. The first kappa shape index (κ1) is 14.9. The molecule has 0 bridgehead atoms. The third kappa shape index (κ3) is 4.23. The molecule has 0 aliphatic heterocycles. The molecule has 0 aromatic heterocycles. The molecule has 110 valence electrons. The molecule has 0 saturated heterocycles. The first-order chi connectivity index (χ1) is 9.66. The number of carbonyl (C=O) groups is 1. The number of benzene rings is 1. The highest BCUT2D eigenvalue weighted by Gasteiger charge is 2.26. The van der Waals surface area contributed by atoms with Gasteiger partial charge in [0.2, 0.25) is 0 Å². The van der Waals surface area contributed by atoms with Gasteiger partial charge in [0, 0.05) is 12.6 Å². The summed E-state index contributed by atoms with van der Waals surface area (Å²) in [5.74, 6) is 0.0764. The standard InChI is InChI=1S/C16H23NO3/c1-12-5-2-3-8-15(12)20-10-9-17-14-7-4-6-13(11-14)16(18)19/h2-3,5,8,13-14,17H,4,6-7,9-11H2,1H3,(H,18,19). The maximum atomic E-state index is 11.0. The van der Waals surface area contributed by atoms with Gasteiger partial charge in [-0.1, -0.05) is 24.6 Å². The van der Waals surface area contributed by atoms with E-state index in [9.17, 15) is 4.79 Å². The Labute approximate surface area is 120 Å². The average Bonchev–Trinajstić information content (AvgIpc) is 2.45. The summed E-state index contributed by atoms with van der Waals surface area (Å²) in [4.78, 5) is 11.0. The number of aryl methyl sites for hydroxylation is 1. The van der Waals surface area contributed by atoms with Crippen LogP contribution in [-0.2, 0) is 4.79 Å². The highest BCUT2D eigenvalue weighted by Crippen LogP contribution is 2.24. The Bertz CT molecular complexity index is 447. The van der Waals surface area contributed by atoms with Gasteiger partial charge in [-0.05, 0) is 37.8 Å². The van der Waals surface area contributed by atoms with Crippen LogP contribution in [0.5, 0.6) is 5.75 Å². The Morgan fingerprint density at radius 1 is 1.40 bits per heavy atom. The number of hydrogen-bond acceptors (Lipinski definition) is 3. The molecule has 2 rings (SSSR count). The van der Waals surface area contributed by atoms with Crippen molar-refractivity contribution >= 4 is 5.97 Å². The molecule has 2 unspecified atom stereocenters. The second-order valence-corrected chi connectivity index (χ2v) is 5.47. The predicted octanol–water partition coefficient (Wildman–Crippen LogP) is 2.61. The first-order valence-electron chi connectivity index (χ1n) is 7.31. The van der Waals surface area contributed by atoms with Crippen LogP contribution in [0.4, 0.5) is 0 Å². The van der Waals surface area contributed by atoms with Crippen LogP contribution in [0.1, 0.15) is 31.2 Å². The lowest BCUT2D eigenvalue weighted by molar-refractivity contribution is -0.143. The summed E-state index contributed by atoms with van der Waals surface area (Å²) < 4.78 is 5.72. The van der Waals surface area contributed by atoms with Crippen molar-refractivity contribution in [1.82, 2.24) is 5.32 Å². The van der Waals surface area contributed by atoms with E-state index in [2.05, 4.69) is 5.32 Å². The Morgan fingerprint density at radius 2 is 2.20 bits per heavy atom. The van der Waals surface area contributed by atoms with Gasteiger partial charge in [-0.3, -0.25) is 4.79 Å². The number of hydrogen-bond donors (Lipinski definition) is 2. The van der Waals surface area contributed by atoms with Gasteiger partial charge in [-0.2, -0.15) is 0 Å². The van der Waals surface area contributed by atoms with Crippen LogP contribution >= 0.6 is 0 Å². The first-order valence-corrected chi connectivity index (χ1v) is 7.31. The van der Waals surface area contributed by atoms with Crippen LogP contribution in [0.3, 0.4) is 0 Å². The topological polar surface area (TPSA) is 58.6 Å². The van der Waals surface area contributed by atoms with Crippen molar-refractivity contribution in [3.63, 3.8) is 0 Å². The number of rotatable bonds is 6. The van der Waals surface area contributed by atoms with E-state index in [1.54, 1.807) is 0 Å². The highest BCUT2D eigenvalue weighted by atomic mass is 16.5.